The number of benzene rings is 3. The molecule has 0 bridgehead atoms. The quantitative estimate of drug-likeness (QED) is 0.134. The SMILES string of the molecule is COc1ccc(CCn2c(-c3ccc(C(=N)N)cc3)nc3cc(C(=O)NCCC(=O)OC(C)C)ccc32)cc1OC. The molecule has 0 fully saturated rings. The zero-order valence-corrected chi connectivity index (χ0v) is 23.7. The number of nitrogens with zero attached hydrogens (tertiary/aromatic N) is 2. The van der Waals surface area contributed by atoms with Gasteiger partial charge in [0.15, 0.2) is 11.5 Å². The number of nitrogens with two attached hydrogens (primary N) is 1. The lowest BCUT2D eigenvalue weighted by Gasteiger charge is -2.12. The predicted molar refractivity (Wildman–Crippen MR) is 158 cm³/mol. The molecule has 1 heterocycles. The third kappa shape index (κ3) is 7.02. The van der Waals surface area contributed by atoms with Crippen LogP contribution in [0.4, 0.5) is 0 Å². The average molecular weight is 558 g/mol. The predicted octanol–water partition coefficient (Wildman–Crippen LogP) is 4.32. The van der Waals surface area contributed by atoms with Crippen molar-refractivity contribution in [2.24, 2.45) is 5.73 Å². The van der Waals surface area contributed by atoms with Crippen molar-refractivity contribution in [2.75, 3.05) is 20.8 Å². The zero-order chi connectivity index (χ0) is 29.5. The number of hydrogen-bond donors (Lipinski definition) is 3. The molecule has 41 heavy (non-hydrogen) atoms. The zero-order valence-electron chi connectivity index (χ0n) is 23.7. The maximum Gasteiger partial charge on any atom is 0.307 e. The van der Waals surface area contributed by atoms with Gasteiger partial charge in [0.25, 0.3) is 5.91 Å². The van der Waals surface area contributed by atoms with E-state index in [9.17, 15) is 9.59 Å². The number of methoxy groups -OCH3 is 2. The molecular formula is C31H35N5O5. The molecule has 4 aromatic rings. The Kier molecular flexibility index (Phi) is 9.23. The molecule has 10 nitrogen and oxygen atoms in total. The van der Waals surface area contributed by atoms with Crippen molar-refractivity contribution in [2.45, 2.75) is 39.3 Å². The maximum absolute atomic E-state index is 12.8. The summed E-state index contributed by atoms with van der Waals surface area (Å²) in [7, 11) is 3.22. The highest BCUT2D eigenvalue weighted by atomic mass is 16.5. The number of nitrogen functional groups attached to an aromatic ring is 1. The second-order valence-corrected chi connectivity index (χ2v) is 9.77. The topological polar surface area (TPSA) is 142 Å². The van der Waals surface area contributed by atoms with Crippen LogP contribution < -0.4 is 20.5 Å². The van der Waals surface area contributed by atoms with E-state index in [-0.39, 0.29) is 36.8 Å². The molecular weight excluding hydrogens is 522 g/mol. The molecule has 1 aromatic heterocycles. The Balaban J connectivity index is 1.62. The summed E-state index contributed by atoms with van der Waals surface area (Å²) in [6, 6.07) is 18.6. The third-order valence-electron chi connectivity index (χ3n) is 6.52. The van der Waals surface area contributed by atoms with Gasteiger partial charge in [-0.1, -0.05) is 30.3 Å². The molecule has 1 amide bonds. The Morgan fingerprint density at radius 3 is 2.34 bits per heavy atom. The van der Waals surface area contributed by atoms with Crippen molar-refractivity contribution in [3.05, 3.63) is 77.4 Å². The fraction of sp³-hybridized carbons (Fsp3) is 0.290. The highest BCUT2D eigenvalue weighted by molar-refractivity contribution is 5.98. The largest absolute Gasteiger partial charge is 0.493 e. The lowest BCUT2D eigenvalue weighted by molar-refractivity contribution is -0.147. The Bertz CT molecular complexity index is 1560. The third-order valence-corrected chi connectivity index (χ3v) is 6.52. The van der Waals surface area contributed by atoms with E-state index in [1.807, 2.05) is 36.4 Å². The number of ether oxygens (including phenoxy) is 3. The minimum absolute atomic E-state index is 0.00775. The fourth-order valence-corrected chi connectivity index (χ4v) is 4.50. The van der Waals surface area contributed by atoms with Gasteiger partial charge in [-0.25, -0.2) is 4.98 Å². The number of aromatic nitrogens is 2. The number of fused-ring (bicyclic) bond motifs is 1. The number of nitrogens with one attached hydrogen (secondary N) is 2. The van der Waals surface area contributed by atoms with E-state index in [1.54, 1.807) is 52.3 Å². The Hall–Kier alpha value is -4.86. The van der Waals surface area contributed by atoms with Gasteiger partial charge in [-0.05, 0) is 56.2 Å². The van der Waals surface area contributed by atoms with Crippen molar-refractivity contribution in [3.8, 4) is 22.9 Å². The van der Waals surface area contributed by atoms with Gasteiger partial charge < -0.3 is 29.8 Å². The van der Waals surface area contributed by atoms with Gasteiger partial charge in [0.1, 0.15) is 11.7 Å². The number of amides is 1. The van der Waals surface area contributed by atoms with Crippen LogP contribution in [0.1, 0.15) is 41.8 Å². The van der Waals surface area contributed by atoms with Crippen LogP contribution in [0.3, 0.4) is 0 Å². The first-order chi connectivity index (χ1) is 19.7. The molecule has 10 heteroatoms. The van der Waals surface area contributed by atoms with E-state index in [2.05, 4.69) is 9.88 Å². The van der Waals surface area contributed by atoms with Crippen molar-refractivity contribution in [1.82, 2.24) is 14.9 Å². The molecule has 4 N–H and O–H groups in total. The van der Waals surface area contributed by atoms with E-state index >= 15 is 0 Å². The van der Waals surface area contributed by atoms with Crippen molar-refractivity contribution >= 4 is 28.7 Å². The molecule has 4 rings (SSSR count). The monoisotopic (exact) mass is 557 g/mol. The van der Waals surface area contributed by atoms with Gasteiger partial charge in [-0.2, -0.15) is 0 Å². The Labute approximate surface area is 238 Å². The van der Waals surface area contributed by atoms with E-state index in [4.69, 9.17) is 30.3 Å². The molecule has 0 saturated heterocycles. The molecule has 0 saturated carbocycles. The first-order valence-electron chi connectivity index (χ1n) is 13.3. The number of carbonyl (C=O) groups is 2. The summed E-state index contributed by atoms with van der Waals surface area (Å²) >= 11 is 0. The second kappa shape index (κ2) is 13.0. The van der Waals surface area contributed by atoms with E-state index in [1.165, 1.54) is 0 Å². The lowest BCUT2D eigenvalue weighted by Crippen LogP contribution is -2.27. The molecule has 0 spiro atoms. The first-order valence-corrected chi connectivity index (χ1v) is 13.3. The van der Waals surface area contributed by atoms with Crippen molar-refractivity contribution in [3.63, 3.8) is 0 Å². The fourth-order valence-electron chi connectivity index (χ4n) is 4.50. The van der Waals surface area contributed by atoms with Crippen LogP contribution >= 0.6 is 0 Å². The first kappa shape index (κ1) is 29.1. The summed E-state index contributed by atoms with van der Waals surface area (Å²) in [4.78, 5) is 29.5. The van der Waals surface area contributed by atoms with Crippen LogP contribution in [0.25, 0.3) is 22.4 Å². The Morgan fingerprint density at radius 1 is 0.976 bits per heavy atom. The molecule has 0 radical (unpaired) electrons. The second-order valence-electron chi connectivity index (χ2n) is 9.77. The van der Waals surface area contributed by atoms with Gasteiger partial charge in [0, 0.05) is 29.8 Å². The van der Waals surface area contributed by atoms with Crippen LogP contribution in [-0.2, 0) is 22.5 Å². The number of rotatable bonds is 12. The highest BCUT2D eigenvalue weighted by Gasteiger charge is 2.16. The number of aryl methyl sites for hydroxylation is 2. The van der Waals surface area contributed by atoms with Crippen molar-refractivity contribution in [1.29, 1.82) is 5.41 Å². The van der Waals surface area contributed by atoms with Gasteiger partial charge in [0.05, 0.1) is 37.8 Å². The summed E-state index contributed by atoms with van der Waals surface area (Å²) in [5.74, 6) is 1.39. The van der Waals surface area contributed by atoms with E-state index in [0.29, 0.717) is 41.1 Å². The van der Waals surface area contributed by atoms with Crippen LogP contribution in [0.15, 0.2) is 60.7 Å². The molecule has 0 atom stereocenters. The number of carbonyl (C=O) groups excluding carboxylic acids is 2. The molecule has 3 aromatic carbocycles. The molecule has 0 aliphatic rings. The van der Waals surface area contributed by atoms with Crippen LogP contribution in [-0.4, -0.2) is 54.1 Å². The summed E-state index contributed by atoms with van der Waals surface area (Å²) in [5.41, 5.74) is 10.2. The number of amidine groups is 1. The highest BCUT2D eigenvalue weighted by Crippen LogP contribution is 2.30. The van der Waals surface area contributed by atoms with Crippen molar-refractivity contribution < 1.29 is 23.8 Å². The Morgan fingerprint density at radius 2 is 1.68 bits per heavy atom. The minimum Gasteiger partial charge on any atom is -0.493 e. The standard InChI is InChI=1S/C31H35N5O5/c1-19(2)41-28(37)13-15-34-31(38)23-10-11-25-24(18-23)35-30(22-8-6-21(7-9-22)29(32)33)36(25)16-14-20-5-12-26(39-3)27(17-20)40-4/h5-12,17-19H,13-16H2,1-4H3,(H3,32,33)(H,34,38). The number of imidazole rings is 1. The van der Waals surface area contributed by atoms with E-state index < -0.39 is 0 Å². The summed E-state index contributed by atoms with van der Waals surface area (Å²) < 4.78 is 18.1. The van der Waals surface area contributed by atoms with Gasteiger partial charge in [-0.15, -0.1) is 0 Å². The van der Waals surface area contributed by atoms with Crippen LogP contribution in [0.2, 0.25) is 0 Å². The smallest absolute Gasteiger partial charge is 0.307 e. The average Bonchev–Trinajstić information content (AvgIpc) is 3.33. The molecule has 214 valence electrons. The minimum atomic E-state index is -0.357. The van der Waals surface area contributed by atoms with Gasteiger partial charge in [0.2, 0.25) is 0 Å². The molecule has 0 aliphatic heterocycles. The summed E-state index contributed by atoms with van der Waals surface area (Å²) in [5, 5.41) is 10.5. The van der Waals surface area contributed by atoms with Gasteiger partial charge >= 0.3 is 5.97 Å². The summed E-state index contributed by atoms with van der Waals surface area (Å²) in [6.45, 7) is 4.35. The van der Waals surface area contributed by atoms with Crippen LogP contribution in [0, 0.1) is 5.41 Å². The lowest BCUT2D eigenvalue weighted by atomic mass is 10.1. The molecule has 0 aliphatic carbocycles. The maximum atomic E-state index is 12.8. The summed E-state index contributed by atoms with van der Waals surface area (Å²) in [6.07, 6.45) is 0.589. The van der Waals surface area contributed by atoms with Crippen LogP contribution in [0.5, 0.6) is 11.5 Å². The van der Waals surface area contributed by atoms with E-state index in [0.717, 1.165) is 22.5 Å². The number of esters is 1. The number of hydrogen-bond acceptors (Lipinski definition) is 7. The molecule has 0 unspecified atom stereocenters. The normalized spacial score (nSPS) is 11.0. The van der Waals surface area contributed by atoms with Gasteiger partial charge in [-0.3, -0.25) is 15.0 Å².